The molecule has 1 aromatic rings. The molecule has 98 valence electrons. The van der Waals surface area contributed by atoms with Crippen LogP contribution >= 0.6 is 11.6 Å². The van der Waals surface area contributed by atoms with Gasteiger partial charge in [0, 0.05) is 13.7 Å². The second-order valence-corrected chi connectivity index (χ2v) is 3.92. The summed E-state index contributed by atoms with van der Waals surface area (Å²) < 4.78 is 4.95. The molecular weight excluding hydrogens is 262 g/mol. The standard InChI is InChI=1S/C10H12ClN3O4/c1-6(18-2)4-13-10(15)7-3-9(11)12-5-8(7)14(16)17/h3,5-6H,4H2,1-2H3,(H,13,15). The lowest BCUT2D eigenvalue weighted by atomic mass is 10.2. The van der Waals surface area contributed by atoms with Gasteiger partial charge in [-0.1, -0.05) is 11.6 Å². The fourth-order valence-corrected chi connectivity index (χ4v) is 1.32. The molecule has 0 saturated carbocycles. The molecule has 0 bridgehead atoms. The molecule has 18 heavy (non-hydrogen) atoms. The third kappa shape index (κ3) is 3.64. The Balaban J connectivity index is 2.90. The Morgan fingerprint density at radius 1 is 1.72 bits per heavy atom. The first kappa shape index (κ1) is 14.3. The summed E-state index contributed by atoms with van der Waals surface area (Å²) in [6.07, 6.45) is 0.766. The first-order chi connectivity index (χ1) is 8.45. The molecule has 1 atom stereocenters. The second-order valence-electron chi connectivity index (χ2n) is 3.54. The van der Waals surface area contributed by atoms with Gasteiger partial charge in [0.15, 0.2) is 0 Å². The van der Waals surface area contributed by atoms with Gasteiger partial charge in [-0.3, -0.25) is 14.9 Å². The van der Waals surface area contributed by atoms with Crippen LogP contribution in [0.3, 0.4) is 0 Å². The molecule has 1 N–H and O–H groups in total. The van der Waals surface area contributed by atoms with Crippen molar-refractivity contribution in [3.05, 3.63) is 33.1 Å². The topological polar surface area (TPSA) is 94.4 Å². The van der Waals surface area contributed by atoms with Gasteiger partial charge in [0.05, 0.1) is 11.0 Å². The predicted molar refractivity (Wildman–Crippen MR) is 64.7 cm³/mol. The van der Waals surface area contributed by atoms with Crippen LogP contribution in [-0.2, 0) is 4.74 Å². The molecule has 1 aromatic heterocycles. The summed E-state index contributed by atoms with van der Waals surface area (Å²) in [5.74, 6) is -0.588. The number of aromatic nitrogens is 1. The predicted octanol–water partition coefficient (Wildman–Crippen LogP) is 1.41. The molecule has 0 aliphatic rings. The summed E-state index contributed by atoms with van der Waals surface area (Å²) in [6, 6.07) is 1.16. The fourth-order valence-electron chi connectivity index (χ4n) is 1.17. The highest BCUT2D eigenvalue weighted by atomic mass is 35.5. The van der Waals surface area contributed by atoms with Gasteiger partial charge in [-0.05, 0) is 13.0 Å². The molecule has 1 rings (SSSR count). The molecule has 1 amide bonds. The first-order valence-corrected chi connectivity index (χ1v) is 5.44. The summed E-state index contributed by atoms with van der Waals surface area (Å²) in [5.41, 5.74) is -0.509. The number of rotatable bonds is 5. The Morgan fingerprint density at radius 3 is 2.94 bits per heavy atom. The number of carbonyl (C=O) groups excluding carboxylic acids is 1. The number of nitro groups is 1. The average molecular weight is 274 g/mol. The number of ether oxygens (including phenoxy) is 1. The van der Waals surface area contributed by atoms with E-state index in [0.29, 0.717) is 0 Å². The average Bonchev–Trinajstić information content (AvgIpc) is 2.34. The van der Waals surface area contributed by atoms with E-state index in [1.807, 2.05) is 0 Å². The van der Waals surface area contributed by atoms with Crippen LogP contribution in [0.2, 0.25) is 5.15 Å². The van der Waals surface area contributed by atoms with Crippen molar-refractivity contribution in [2.45, 2.75) is 13.0 Å². The number of carbonyl (C=O) groups is 1. The van der Waals surface area contributed by atoms with Crippen LogP contribution in [0.5, 0.6) is 0 Å². The third-order valence-corrected chi connectivity index (χ3v) is 2.45. The van der Waals surface area contributed by atoms with Gasteiger partial charge in [0.2, 0.25) is 0 Å². The monoisotopic (exact) mass is 273 g/mol. The molecule has 0 radical (unpaired) electrons. The minimum absolute atomic E-state index is 0.0190. The molecule has 0 aliphatic heterocycles. The molecule has 0 spiro atoms. The van der Waals surface area contributed by atoms with Crippen LogP contribution in [0.1, 0.15) is 17.3 Å². The maximum atomic E-state index is 11.8. The van der Waals surface area contributed by atoms with E-state index in [1.165, 1.54) is 7.11 Å². The van der Waals surface area contributed by atoms with Crippen molar-refractivity contribution in [3.63, 3.8) is 0 Å². The summed E-state index contributed by atoms with van der Waals surface area (Å²) in [4.78, 5) is 25.4. The van der Waals surface area contributed by atoms with Crippen LogP contribution in [-0.4, -0.2) is 35.6 Å². The number of nitrogens with one attached hydrogen (secondary N) is 1. The van der Waals surface area contributed by atoms with E-state index in [9.17, 15) is 14.9 Å². The molecule has 0 saturated heterocycles. The van der Waals surface area contributed by atoms with Crippen molar-refractivity contribution in [2.75, 3.05) is 13.7 Å². The summed E-state index contributed by atoms with van der Waals surface area (Å²) in [5, 5.41) is 13.3. The molecule has 8 heteroatoms. The number of halogens is 1. The lowest BCUT2D eigenvalue weighted by molar-refractivity contribution is -0.385. The van der Waals surface area contributed by atoms with Crippen molar-refractivity contribution < 1.29 is 14.5 Å². The fraction of sp³-hybridized carbons (Fsp3) is 0.400. The Labute approximate surface area is 108 Å². The van der Waals surface area contributed by atoms with Crippen LogP contribution in [0.4, 0.5) is 5.69 Å². The molecule has 0 aromatic carbocycles. The van der Waals surface area contributed by atoms with Gasteiger partial charge in [0.25, 0.3) is 11.6 Å². The van der Waals surface area contributed by atoms with Gasteiger partial charge in [-0.15, -0.1) is 0 Å². The SMILES string of the molecule is COC(C)CNC(=O)c1cc(Cl)ncc1[N+](=O)[O-]. The molecule has 7 nitrogen and oxygen atoms in total. The molecular formula is C10H12ClN3O4. The normalized spacial score (nSPS) is 11.9. The van der Waals surface area contributed by atoms with Crippen LogP contribution < -0.4 is 5.32 Å². The van der Waals surface area contributed by atoms with Gasteiger partial charge >= 0.3 is 0 Å². The van der Waals surface area contributed by atoms with E-state index in [2.05, 4.69) is 10.3 Å². The van der Waals surface area contributed by atoms with E-state index in [4.69, 9.17) is 16.3 Å². The summed E-state index contributed by atoms with van der Waals surface area (Å²) in [6.45, 7) is 2.00. The van der Waals surface area contributed by atoms with E-state index >= 15 is 0 Å². The van der Waals surface area contributed by atoms with Gasteiger partial charge in [0.1, 0.15) is 16.9 Å². The Hall–Kier alpha value is -1.73. The first-order valence-electron chi connectivity index (χ1n) is 5.06. The number of nitrogens with zero attached hydrogens (tertiary/aromatic N) is 2. The smallest absolute Gasteiger partial charge is 0.300 e. The van der Waals surface area contributed by atoms with Gasteiger partial charge in [-0.25, -0.2) is 4.98 Å². The van der Waals surface area contributed by atoms with Crippen LogP contribution in [0.25, 0.3) is 0 Å². The highest BCUT2D eigenvalue weighted by molar-refractivity contribution is 6.29. The molecule has 1 unspecified atom stereocenters. The maximum Gasteiger partial charge on any atom is 0.300 e. The Morgan fingerprint density at radius 2 is 2.39 bits per heavy atom. The largest absolute Gasteiger partial charge is 0.380 e. The van der Waals surface area contributed by atoms with Gasteiger partial charge < -0.3 is 10.1 Å². The zero-order valence-electron chi connectivity index (χ0n) is 9.84. The lowest BCUT2D eigenvalue weighted by Crippen LogP contribution is -2.32. The Kier molecular flexibility index (Phi) is 4.99. The van der Waals surface area contributed by atoms with Gasteiger partial charge in [-0.2, -0.15) is 0 Å². The minimum Gasteiger partial charge on any atom is -0.380 e. The summed E-state index contributed by atoms with van der Waals surface area (Å²) >= 11 is 5.62. The highest BCUT2D eigenvalue weighted by Gasteiger charge is 2.21. The van der Waals surface area contributed by atoms with Crippen molar-refractivity contribution in [2.24, 2.45) is 0 Å². The van der Waals surface area contributed by atoms with Crippen molar-refractivity contribution in [1.29, 1.82) is 0 Å². The number of methoxy groups -OCH3 is 1. The number of hydrogen-bond acceptors (Lipinski definition) is 5. The third-order valence-electron chi connectivity index (χ3n) is 2.24. The highest BCUT2D eigenvalue weighted by Crippen LogP contribution is 2.20. The Bertz CT molecular complexity index is 466. The van der Waals surface area contributed by atoms with Crippen molar-refractivity contribution in [3.8, 4) is 0 Å². The van der Waals surface area contributed by atoms with Crippen molar-refractivity contribution >= 4 is 23.2 Å². The van der Waals surface area contributed by atoms with E-state index in [1.54, 1.807) is 6.92 Å². The molecule has 0 fully saturated rings. The minimum atomic E-state index is -0.683. The molecule has 1 heterocycles. The summed E-state index contributed by atoms with van der Waals surface area (Å²) in [7, 11) is 1.50. The molecule has 0 aliphatic carbocycles. The second kappa shape index (κ2) is 6.27. The lowest BCUT2D eigenvalue weighted by Gasteiger charge is -2.10. The van der Waals surface area contributed by atoms with E-state index < -0.39 is 10.8 Å². The zero-order valence-corrected chi connectivity index (χ0v) is 10.6. The number of hydrogen-bond donors (Lipinski definition) is 1. The number of amides is 1. The van der Waals surface area contributed by atoms with E-state index in [-0.39, 0.29) is 29.1 Å². The van der Waals surface area contributed by atoms with Crippen LogP contribution in [0, 0.1) is 10.1 Å². The zero-order chi connectivity index (χ0) is 13.7. The quantitative estimate of drug-likeness (QED) is 0.497. The number of pyridine rings is 1. The van der Waals surface area contributed by atoms with Crippen LogP contribution in [0.15, 0.2) is 12.3 Å². The van der Waals surface area contributed by atoms with Crippen molar-refractivity contribution in [1.82, 2.24) is 10.3 Å². The van der Waals surface area contributed by atoms with E-state index in [0.717, 1.165) is 12.3 Å². The maximum absolute atomic E-state index is 11.8.